The van der Waals surface area contributed by atoms with Crippen molar-refractivity contribution in [2.45, 2.75) is 43.2 Å². The molecule has 2 atom stereocenters. The number of ether oxygens (including phenoxy) is 2. The molecule has 1 saturated carbocycles. The number of benzene rings is 1. The minimum Gasteiger partial charge on any atom is -0.490 e. The van der Waals surface area contributed by atoms with E-state index in [1.54, 1.807) is 7.11 Å². The van der Waals surface area contributed by atoms with Gasteiger partial charge in [0.15, 0.2) is 0 Å². The number of halogens is 1. The number of alkyl halides is 1. The third-order valence-electron chi connectivity index (χ3n) is 3.32. The van der Waals surface area contributed by atoms with Crippen LogP contribution in [-0.4, -0.2) is 19.3 Å². The van der Waals surface area contributed by atoms with Crippen LogP contribution in [0.15, 0.2) is 24.3 Å². The second kappa shape index (κ2) is 6.41. The molecular weight excluding hydrogens is 280 g/mol. The number of rotatable bonds is 4. The zero-order chi connectivity index (χ0) is 12.1. The molecule has 0 N–H and O–H groups in total. The van der Waals surface area contributed by atoms with Crippen LogP contribution < -0.4 is 4.74 Å². The van der Waals surface area contributed by atoms with E-state index in [0.717, 1.165) is 30.3 Å². The van der Waals surface area contributed by atoms with Gasteiger partial charge >= 0.3 is 0 Å². The van der Waals surface area contributed by atoms with Crippen LogP contribution in [0, 0.1) is 0 Å². The van der Waals surface area contributed by atoms with E-state index in [-0.39, 0.29) is 0 Å². The van der Waals surface area contributed by atoms with Crippen molar-refractivity contribution in [3.63, 3.8) is 0 Å². The van der Waals surface area contributed by atoms with Gasteiger partial charge in [-0.3, -0.25) is 0 Å². The topological polar surface area (TPSA) is 18.5 Å². The molecule has 0 bridgehead atoms. The minimum atomic E-state index is 0.300. The summed E-state index contributed by atoms with van der Waals surface area (Å²) in [4.78, 5) is 0. The maximum Gasteiger partial charge on any atom is 0.123 e. The van der Waals surface area contributed by atoms with Crippen LogP contribution in [-0.2, 0) is 10.1 Å². The quantitative estimate of drug-likeness (QED) is 0.785. The standard InChI is InChI=1S/C14H19BrO2/c1-16-12-6-4-7-13(9-12)17-14-8-3-2-5-11(14)10-15/h2-3,5,8,12-13H,4,6-7,9-10H2,1H3. The Morgan fingerprint density at radius 2 is 2.00 bits per heavy atom. The van der Waals surface area contributed by atoms with E-state index < -0.39 is 0 Å². The summed E-state index contributed by atoms with van der Waals surface area (Å²) in [5.74, 6) is 1.01. The molecule has 1 aliphatic carbocycles. The van der Waals surface area contributed by atoms with Crippen LogP contribution in [0.25, 0.3) is 0 Å². The van der Waals surface area contributed by atoms with Gasteiger partial charge in [0.1, 0.15) is 11.9 Å². The van der Waals surface area contributed by atoms with Crippen LogP contribution in [0.2, 0.25) is 0 Å². The highest BCUT2D eigenvalue weighted by Crippen LogP contribution is 2.28. The van der Waals surface area contributed by atoms with E-state index in [4.69, 9.17) is 9.47 Å². The van der Waals surface area contributed by atoms with Gasteiger partial charge < -0.3 is 9.47 Å². The number of methoxy groups -OCH3 is 1. The molecule has 17 heavy (non-hydrogen) atoms. The normalized spacial score (nSPS) is 24.6. The number of hydrogen-bond donors (Lipinski definition) is 0. The van der Waals surface area contributed by atoms with Gasteiger partial charge in [0.25, 0.3) is 0 Å². The second-order valence-electron chi connectivity index (χ2n) is 4.51. The van der Waals surface area contributed by atoms with Crippen LogP contribution in [0.3, 0.4) is 0 Å². The Balaban J connectivity index is 2.00. The lowest BCUT2D eigenvalue weighted by atomic mass is 9.95. The molecule has 0 aliphatic heterocycles. The monoisotopic (exact) mass is 298 g/mol. The van der Waals surface area contributed by atoms with Crippen molar-refractivity contribution in [3.8, 4) is 5.75 Å². The predicted molar refractivity (Wildman–Crippen MR) is 72.8 cm³/mol. The lowest BCUT2D eigenvalue weighted by molar-refractivity contribution is 0.0207. The summed E-state index contributed by atoms with van der Waals surface area (Å²) >= 11 is 3.49. The maximum atomic E-state index is 6.10. The van der Waals surface area contributed by atoms with Crippen molar-refractivity contribution in [1.82, 2.24) is 0 Å². The lowest BCUT2D eigenvalue weighted by Crippen LogP contribution is -2.29. The Hall–Kier alpha value is -0.540. The first kappa shape index (κ1) is 12.9. The van der Waals surface area contributed by atoms with E-state index in [1.165, 1.54) is 12.0 Å². The highest BCUT2D eigenvalue weighted by molar-refractivity contribution is 9.08. The zero-order valence-electron chi connectivity index (χ0n) is 10.2. The summed E-state index contributed by atoms with van der Waals surface area (Å²) in [6.45, 7) is 0. The van der Waals surface area contributed by atoms with E-state index in [2.05, 4.69) is 22.0 Å². The zero-order valence-corrected chi connectivity index (χ0v) is 11.8. The van der Waals surface area contributed by atoms with Crippen molar-refractivity contribution in [3.05, 3.63) is 29.8 Å². The molecule has 94 valence electrons. The van der Waals surface area contributed by atoms with Crippen molar-refractivity contribution in [2.24, 2.45) is 0 Å². The van der Waals surface area contributed by atoms with E-state index in [9.17, 15) is 0 Å². The van der Waals surface area contributed by atoms with Gasteiger partial charge in [-0.1, -0.05) is 34.1 Å². The molecule has 3 heteroatoms. The third kappa shape index (κ3) is 3.46. The molecule has 0 heterocycles. The first-order valence-corrected chi connectivity index (χ1v) is 7.29. The van der Waals surface area contributed by atoms with Gasteiger partial charge in [0, 0.05) is 24.4 Å². The molecule has 1 aromatic carbocycles. The van der Waals surface area contributed by atoms with Crippen molar-refractivity contribution in [1.29, 1.82) is 0 Å². The van der Waals surface area contributed by atoms with Crippen molar-refractivity contribution in [2.75, 3.05) is 7.11 Å². The summed E-state index contributed by atoms with van der Waals surface area (Å²) in [5, 5.41) is 0.837. The number of hydrogen-bond acceptors (Lipinski definition) is 2. The molecule has 2 unspecified atom stereocenters. The fourth-order valence-electron chi connectivity index (χ4n) is 2.33. The maximum absolute atomic E-state index is 6.10. The average Bonchev–Trinajstić information content (AvgIpc) is 2.39. The van der Waals surface area contributed by atoms with Crippen LogP contribution in [0.4, 0.5) is 0 Å². The second-order valence-corrected chi connectivity index (χ2v) is 5.07. The summed E-state index contributed by atoms with van der Waals surface area (Å²) in [5.41, 5.74) is 1.21. The molecule has 0 saturated heterocycles. The minimum absolute atomic E-state index is 0.300. The van der Waals surface area contributed by atoms with Crippen LogP contribution in [0.1, 0.15) is 31.2 Å². The molecule has 2 rings (SSSR count). The predicted octanol–water partition coefficient (Wildman–Crippen LogP) is 3.92. The number of para-hydroxylation sites is 1. The van der Waals surface area contributed by atoms with Gasteiger partial charge in [-0.2, -0.15) is 0 Å². The summed E-state index contributed by atoms with van der Waals surface area (Å²) in [6, 6.07) is 8.22. The lowest BCUT2D eigenvalue weighted by Gasteiger charge is -2.29. The Labute approximate surface area is 111 Å². The highest BCUT2D eigenvalue weighted by atomic mass is 79.9. The first-order chi connectivity index (χ1) is 8.33. The Kier molecular flexibility index (Phi) is 4.86. The molecular formula is C14H19BrO2. The molecule has 0 amide bonds. The van der Waals surface area contributed by atoms with Crippen LogP contribution >= 0.6 is 15.9 Å². The summed E-state index contributed by atoms with van der Waals surface area (Å²) in [6.07, 6.45) is 5.17. The fraction of sp³-hybridized carbons (Fsp3) is 0.571. The summed E-state index contributed by atoms with van der Waals surface area (Å²) in [7, 11) is 1.79. The smallest absolute Gasteiger partial charge is 0.123 e. The SMILES string of the molecule is COC1CCCC(Oc2ccccc2CBr)C1. The molecule has 0 radical (unpaired) electrons. The molecule has 2 nitrogen and oxygen atoms in total. The van der Waals surface area contributed by atoms with Gasteiger partial charge in [0.05, 0.1) is 6.10 Å². The Morgan fingerprint density at radius 1 is 1.24 bits per heavy atom. The van der Waals surface area contributed by atoms with E-state index in [1.807, 2.05) is 18.2 Å². The molecule has 1 fully saturated rings. The fourth-order valence-corrected chi connectivity index (χ4v) is 2.80. The third-order valence-corrected chi connectivity index (χ3v) is 3.93. The van der Waals surface area contributed by atoms with Crippen molar-refractivity contribution < 1.29 is 9.47 Å². The molecule has 1 aliphatic rings. The first-order valence-electron chi connectivity index (χ1n) is 6.16. The summed E-state index contributed by atoms with van der Waals surface area (Å²) < 4.78 is 11.5. The molecule has 0 aromatic heterocycles. The average molecular weight is 299 g/mol. The van der Waals surface area contributed by atoms with Crippen molar-refractivity contribution >= 4 is 15.9 Å². The van der Waals surface area contributed by atoms with Gasteiger partial charge in [-0.15, -0.1) is 0 Å². The Bertz CT molecular complexity index is 354. The molecule has 1 aromatic rings. The highest BCUT2D eigenvalue weighted by Gasteiger charge is 2.23. The van der Waals surface area contributed by atoms with E-state index in [0.29, 0.717) is 12.2 Å². The Morgan fingerprint density at radius 3 is 2.76 bits per heavy atom. The van der Waals surface area contributed by atoms with Gasteiger partial charge in [-0.05, 0) is 25.3 Å². The largest absolute Gasteiger partial charge is 0.490 e. The van der Waals surface area contributed by atoms with Gasteiger partial charge in [-0.25, -0.2) is 0 Å². The molecule has 0 spiro atoms. The van der Waals surface area contributed by atoms with Crippen LogP contribution in [0.5, 0.6) is 5.75 Å². The van der Waals surface area contributed by atoms with E-state index >= 15 is 0 Å². The van der Waals surface area contributed by atoms with Gasteiger partial charge in [0.2, 0.25) is 0 Å².